The van der Waals surface area contributed by atoms with Crippen LogP contribution >= 0.6 is 24.0 Å². The summed E-state index contributed by atoms with van der Waals surface area (Å²) in [6.45, 7) is 7.33. The molecule has 0 bridgehead atoms. The topological polar surface area (TPSA) is 61.8 Å². The van der Waals surface area contributed by atoms with Crippen molar-refractivity contribution < 1.29 is 9.13 Å². The highest BCUT2D eigenvalue weighted by molar-refractivity contribution is 14.0. The average molecular weight is 527 g/mol. The average Bonchev–Trinajstić information content (AvgIpc) is 2.76. The lowest BCUT2D eigenvalue weighted by molar-refractivity contribution is 0.0179. The maximum atomic E-state index is 13.4. The van der Waals surface area contributed by atoms with Crippen LogP contribution in [0.3, 0.4) is 0 Å². The first kappa shape index (κ1) is 24.5. The monoisotopic (exact) mass is 527 g/mol. The van der Waals surface area contributed by atoms with Gasteiger partial charge in [0.1, 0.15) is 5.82 Å². The Bertz CT molecular complexity index is 754. The number of nitrogens with zero attached hydrogens (tertiary/aromatic N) is 3. The van der Waals surface area contributed by atoms with Crippen LogP contribution in [-0.2, 0) is 11.2 Å². The maximum Gasteiger partial charge on any atom is 0.191 e. The van der Waals surface area contributed by atoms with Crippen molar-refractivity contribution in [3.63, 3.8) is 0 Å². The van der Waals surface area contributed by atoms with Crippen molar-refractivity contribution in [3.8, 4) is 0 Å². The van der Waals surface area contributed by atoms with Gasteiger partial charge >= 0.3 is 0 Å². The Labute approximate surface area is 195 Å². The molecule has 0 aliphatic carbocycles. The van der Waals surface area contributed by atoms with Gasteiger partial charge < -0.3 is 15.4 Å². The van der Waals surface area contributed by atoms with Gasteiger partial charge in [-0.25, -0.2) is 4.39 Å². The van der Waals surface area contributed by atoms with E-state index in [0.717, 1.165) is 44.1 Å². The number of halogens is 2. The third kappa shape index (κ3) is 7.81. The molecule has 30 heavy (non-hydrogen) atoms. The number of aliphatic imine (C=N–C) groups is 1. The van der Waals surface area contributed by atoms with E-state index in [0.29, 0.717) is 19.8 Å². The lowest BCUT2D eigenvalue weighted by atomic mass is 10.0. The van der Waals surface area contributed by atoms with Crippen LogP contribution in [0.5, 0.6) is 0 Å². The van der Waals surface area contributed by atoms with E-state index in [1.54, 1.807) is 6.20 Å². The van der Waals surface area contributed by atoms with Crippen molar-refractivity contribution in [3.05, 3.63) is 65.7 Å². The molecule has 6 nitrogen and oxygen atoms in total. The van der Waals surface area contributed by atoms with Crippen LogP contribution in [0, 0.1) is 5.82 Å². The third-order valence-electron chi connectivity index (χ3n) is 4.94. The summed E-state index contributed by atoms with van der Waals surface area (Å²) in [5.41, 5.74) is 2.26. The summed E-state index contributed by atoms with van der Waals surface area (Å²) >= 11 is 0. The Morgan fingerprint density at radius 1 is 1.20 bits per heavy atom. The summed E-state index contributed by atoms with van der Waals surface area (Å²) in [5.74, 6) is 0.570. The summed E-state index contributed by atoms with van der Waals surface area (Å²) in [7, 11) is 0. The number of guanidine groups is 1. The molecule has 8 heteroatoms. The zero-order chi connectivity index (χ0) is 20.3. The SMILES string of the molecule is CCNC(=NCC(c1ccc(F)cc1)N1CCOCC1)NCCc1cccnc1.I. The molecule has 1 aliphatic heterocycles. The molecule has 0 spiro atoms. The van der Waals surface area contributed by atoms with E-state index in [1.807, 2.05) is 24.4 Å². The Morgan fingerprint density at radius 2 is 1.97 bits per heavy atom. The molecule has 1 aliphatic rings. The van der Waals surface area contributed by atoms with Crippen LogP contribution in [0.4, 0.5) is 4.39 Å². The van der Waals surface area contributed by atoms with Gasteiger partial charge in [-0.05, 0) is 42.7 Å². The summed E-state index contributed by atoms with van der Waals surface area (Å²) < 4.78 is 18.9. The molecule has 2 aromatic rings. The molecule has 2 N–H and O–H groups in total. The highest BCUT2D eigenvalue weighted by atomic mass is 127. The fraction of sp³-hybridized carbons (Fsp3) is 0.455. The Balaban J connectivity index is 0.00000320. The van der Waals surface area contributed by atoms with Gasteiger partial charge in [-0.2, -0.15) is 0 Å². The molecule has 3 rings (SSSR count). The number of pyridine rings is 1. The van der Waals surface area contributed by atoms with E-state index in [4.69, 9.17) is 9.73 Å². The number of benzene rings is 1. The van der Waals surface area contributed by atoms with Crippen LogP contribution in [0.15, 0.2) is 53.8 Å². The summed E-state index contributed by atoms with van der Waals surface area (Å²) in [6.07, 6.45) is 4.54. The van der Waals surface area contributed by atoms with Gasteiger partial charge in [0.05, 0.1) is 25.8 Å². The molecule has 1 saturated heterocycles. The fourth-order valence-electron chi connectivity index (χ4n) is 3.40. The van der Waals surface area contributed by atoms with Crippen LogP contribution < -0.4 is 10.6 Å². The maximum absolute atomic E-state index is 13.4. The first-order valence-electron chi connectivity index (χ1n) is 10.2. The van der Waals surface area contributed by atoms with Crippen molar-refractivity contribution in [1.82, 2.24) is 20.5 Å². The van der Waals surface area contributed by atoms with E-state index >= 15 is 0 Å². The summed E-state index contributed by atoms with van der Waals surface area (Å²) in [5, 5.41) is 6.70. The van der Waals surface area contributed by atoms with Gasteiger partial charge in [-0.1, -0.05) is 18.2 Å². The molecule has 2 heterocycles. The molecular formula is C22H31FIN5O. The van der Waals surface area contributed by atoms with E-state index in [9.17, 15) is 4.39 Å². The number of nitrogens with one attached hydrogen (secondary N) is 2. The third-order valence-corrected chi connectivity index (χ3v) is 4.94. The predicted molar refractivity (Wildman–Crippen MR) is 129 cm³/mol. The quantitative estimate of drug-likeness (QED) is 0.314. The van der Waals surface area contributed by atoms with Gasteiger partial charge in [0.2, 0.25) is 0 Å². The fourth-order valence-corrected chi connectivity index (χ4v) is 3.40. The van der Waals surface area contributed by atoms with Gasteiger partial charge in [0.15, 0.2) is 5.96 Å². The molecule has 0 amide bonds. The summed E-state index contributed by atoms with van der Waals surface area (Å²) in [4.78, 5) is 11.3. The molecule has 1 aromatic carbocycles. The van der Waals surface area contributed by atoms with Crippen molar-refractivity contribution in [2.45, 2.75) is 19.4 Å². The second-order valence-electron chi connectivity index (χ2n) is 6.97. The first-order valence-corrected chi connectivity index (χ1v) is 10.2. The van der Waals surface area contributed by atoms with Crippen LogP contribution in [-0.4, -0.2) is 61.8 Å². The molecule has 0 radical (unpaired) electrons. The van der Waals surface area contributed by atoms with E-state index < -0.39 is 0 Å². The lowest BCUT2D eigenvalue weighted by Crippen LogP contribution is -2.42. The first-order chi connectivity index (χ1) is 14.3. The Kier molecular flexibility index (Phi) is 11.0. The van der Waals surface area contributed by atoms with Crippen molar-refractivity contribution in [1.29, 1.82) is 0 Å². The van der Waals surface area contributed by atoms with Crippen LogP contribution in [0.2, 0.25) is 0 Å². The lowest BCUT2D eigenvalue weighted by Gasteiger charge is -2.34. The molecular weight excluding hydrogens is 496 g/mol. The molecule has 1 atom stereocenters. The minimum Gasteiger partial charge on any atom is -0.379 e. The standard InChI is InChI=1S/C22H30FN5O.HI/c1-2-25-22(26-11-9-18-4-3-10-24-16-18)27-17-21(28-12-14-29-15-13-28)19-5-7-20(23)8-6-19;/h3-8,10,16,21H,2,9,11-15,17H2,1H3,(H2,25,26,27);1H. The summed E-state index contributed by atoms with van der Waals surface area (Å²) in [6, 6.07) is 10.9. The second kappa shape index (κ2) is 13.5. The number of hydrogen-bond donors (Lipinski definition) is 2. The minimum atomic E-state index is -0.219. The van der Waals surface area contributed by atoms with Gasteiger partial charge in [0, 0.05) is 38.6 Å². The van der Waals surface area contributed by atoms with Gasteiger partial charge in [-0.3, -0.25) is 14.9 Å². The molecule has 1 fully saturated rings. The molecule has 164 valence electrons. The Morgan fingerprint density at radius 3 is 2.63 bits per heavy atom. The second-order valence-corrected chi connectivity index (χ2v) is 6.97. The number of hydrogen-bond acceptors (Lipinski definition) is 4. The number of aromatic nitrogens is 1. The minimum absolute atomic E-state index is 0. The number of rotatable bonds is 8. The zero-order valence-corrected chi connectivity index (χ0v) is 19.7. The molecule has 0 saturated carbocycles. The van der Waals surface area contributed by atoms with Gasteiger partial charge in [0.25, 0.3) is 0 Å². The van der Waals surface area contributed by atoms with Crippen LogP contribution in [0.25, 0.3) is 0 Å². The molecule has 1 unspecified atom stereocenters. The largest absolute Gasteiger partial charge is 0.379 e. The number of ether oxygens (including phenoxy) is 1. The van der Waals surface area contributed by atoms with E-state index in [2.05, 4.69) is 33.5 Å². The van der Waals surface area contributed by atoms with E-state index in [-0.39, 0.29) is 35.8 Å². The highest BCUT2D eigenvalue weighted by Gasteiger charge is 2.22. The zero-order valence-electron chi connectivity index (χ0n) is 17.4. The van der Waals surface area contributed by atoms with Crippen molar-refractivity contribution >= 4 is 29.9 Å². The highest BCUT2D eigenvalue weighted by Crippen LogP contribution is 2.22. The van der Waals surface area contributed by atoms with Crippen molar-refractivity contribution in [2.24, 2.45) is 4.99 Å². The normalized spacial score (nSPS) is 15.9. The predicted octanol–water partition coefficient (Wildman–Crippen LogP) is 3.01. The number of morpholine rings is 1. The Hall–Kier alpha value is -1.78. The van der Waals surface area contributed by atoms with Crippen LogP contribution in [0.1, 0.15) is 24.1 Å². The van der Waals surface area contributed by atoms with Crippen molar-refractivity contribution in [2.75, 3.05) is 45.9 Å². The molecule has 1 aromatic heterocycles. The van der Waals surface area contributed by atoms with Gasteiger partial charge in [-0.15, -0.1) is 24.0 Å². The van der Waals surface area contributed by atoms with E-state index in [1.165, 1.54) is 17.7 Å². The smallest absolute Gasteiger partial charge is 0.191 e.